The minimum absolute atomic E-state index is 0.209. The molecule has 0 saturated carbocycles. The molecule has 1 aromatic heterocycles. The van der Waals surface area contributed by atoms with Gasteiger partial charge in [-0.25, -0.2) is 9.97 Å². The molecule has 4 rings (SSSR count). The van der Waals surface area contributed by atoms with Crippen molar-refractivity contribution < 1.29 is 4.79 Å². The third-order valence-corrected chi connectivity index (χ3v) is 5.22. The van der Waals surface area contributed by atoms with E-state index in [2.05, 4.69) is 39.2 Å². The fraction of sp³-hybridized carbons (Fsp3) is 0.261. The Kier molecular flexibility index (Phi) is 5.33. The molecule has 0 unspecified atom stereocenters. The second-order valence-electron chi connectivity index (χ2n) is 7.33. The van der Waals surface area contributed by atoms with Gasteiger partial charge in [-0.3, -0.25) is 4.79 Å². The van der Waals surface area contributed by atoms with E-state index in [9.17, 15) is 4.79 Å². The number of piperidine rings is 1. The number of anilines is 2. The normalized spacial score (nSPS) is 14.7. The number of amides is 1. The Morgan fingerprint density at radius 3 is 2.25 bits per heavy atom. The molecule has 1 aliphatic rings. The van der Waals surface area contributed by atoms with Crippen LogP contribution in [0, 0.1) is 5.92 Å². The van der Waals surface area contributed by atoms with Crippen LogP contribution in [0.5, 0.6) is 0 Å². The van der Waals surface area contributed by atoms with E-state index in [1.807, 2.05) is 42.5 Å². The van der Waals surface area contributed by atoms with E-state index in [1.165, 1.54) is 18.5 Å². The van der Waals surface area contributed by atoms with E-state index in [0.717, 1.165) is 30.3 Å². The lowest BCUT2D eigenvalue weighted by atomic mass is 9.99. The monoisotopic (exact) mass is 372 g/mol. The zero-order chi connectivity index (χ0) is 19.3. The van der Waals surface area contributed by atoms with E-state index in [4.69, 9.17) is 0 Å². The van der Waals surface area contributed by atoms with E-state index in [1.54, 1.807) is 12.4 Å². The second kappa shape index (κ2) is 8.21. The molecule has 1 fully saturated rings. The number of benzene rings is 2. The lowest BCUT2D eigenvalue weighted by Crippen LogP contribution is -2.32. The molecule has 142 valence electrons. The van der Waals surface area contributed by atoms with Crippen LogP contribution in [0.25, 0.3) is 11.4 Å². The van der Waals surface area contributed by atoms with Gasteiger partial charge in [-0.05, 0) is 43.0 Å². The van der Waals surface area contributed by atoms with Crippen molar-refractivity contribution in [2.75, 3.05) is 23.3 Å². The Balaban J connectivity index is 1.39. The molecule has 28 heavy (non-hydrogen) atoms. The average Bonchev–Trinajstić information content (AvgIpc) is 2.76. The van der Waals surface area contributed by atoms with Gasteiger partial charge in [-0.1, -0.05) is 37.3 Å². The molecule has 0 bridgehead atoms. The molecule has 0 spiro atoms. The first kappa shape index (κ1) is 18.2. The average molecular weight is 372 g/mol. The predicted octanol–water partition coefficient (Wildman–Crippen LogP) is 4.63. The van der Waals surface area contributed by atoms with Gasteiger partial charge in [0.1, 0.15) is 0 Å². The van der Waals surface area contributed by atoms with Crippen LogP contribution in [0.4, 0.5) is 11.4 Å². The summed E-state index contributed by atoms with van der Waals surface area (Å²) in [6.07, 6.45) is 5.59. The van der Waals surface area contributed by atoms with Gasteiger partial charge in [0, 0.05) is 42.4 Å². The highest BCUT2D eigenvalue weighted by molar-refractivity contribution is 6.04. The van der Waals surface area contributed by atoms with Crippen LogP contribution in [-0.2, 0) is 0 Å². The standard InChI is InChI=1S/C23H24N4O/c1-17-11-13-27(14-12-17)21-9-7-20(8-10-21)26-23(28)19-15-24-22(25-16-19)18-5-3-2-4-6-18/h2-10,15-17H,11-14H2,1H3,(H,26,28). The summed E-state index contributed by atoms with van der Waals surface area (Å²) in [5.74, 6) is 1.21. The fourth-order valence-electron chi connectivity index (χ4n) is 3.41. The molecule has 3 aromatic rings. The molecule has 5 heteroatoms. The molecular weight excluding hydrogens is 348 g/mol. The summed E-state index contributed by atoms with van der Waals surface area (Å²) in [6.45, 7) is 4.50. The zero-order valence-corrected chi connectivity index (χ0v) is 16.0. The number of nitrogens with zero attached hydrogens (tertiary/aromatic N) is 3. The number of aromatic nitrogens is 2. The quantitative estimate of drug-likeness (QED) is 0.725. The molecule has 0 radical (unpaired) electrons. The second-order valence-corrected chi connectivity index (χ2v) is 7.33. The van der Waals surface area contributed by atoms with Crippen molar-refractivity contribution in [1.29, 1.82) is 0 Å². The van der Waals surface area contributed by atoms with Crippen molar-refractivity contribution in [3.05, 3.63) is 72.6 Å². The van der Waals surface area contributed by atoms with Crippen LogP contribution in [-0.4, -0.2) is 29.0 Å². The minimum Gasteiger partial charge on any atom is -0.372 e. The summed E-state index contributed by atoms with van der Waals surface area (Å²) in [5.41, 5.74) is 3.35. The van der Waals surface area contributed by atoms with E-state index in [0.29, 0.717) is 11.4 Å². The van der Waals surface area contributed by atoms with Crippen molar-refractivity contribution in [3.63, 3.8) is 0 Å². The van der Waals surface area contributed by atoms with Crippen molar-refractivity contribution in [3.8, 4) is 11.4 Å². The highest BCUT2D eigenvalue weighted by Gasteiger charge is 2.16. The van der Waals surface area contributed by atoms with Crippen LogP contribution in [0.3, 0.4) is 0 Å². The minimum atomic E-state index is -0.209. The van der Waals surface area contributed by atoms with Crippen LogP contribution >= 0.6 is 0 Å². The largest absolute Gasteiger partial charge is 0.372 e. The lowest BCUT2D eigenvalue weighted by Gasteiger charge is -2.32. The third kappa shape index (κ3) is 4.19. The molecule has 0 aliphatic carbocycles. The molecule has 1 aliphatic heterocycles. The molecule has 1 saturated heterocycles. The highest BCUT2D eigenvalue weighted by atomic mass is 16.1. The predicted molar refractivity (Wildman–Crippen MR) is 112 cm³/mol. The summed E-state index contributed by atoms with van der Waals surface area (Å²) in [4.78, 5) is 23.5. The molecular formula is C23H24N4O. The maximum Gasteiger partial charge on any atom is 0.258 e. The van der Waals surface area contributed by atoms with Gasteiger partial charge >= 0.3 is 0 Å². The SMILES string of the molecule is CC1CCN(c2ccc(NC(=O)c3cnc(-c4ccccc4)nc3)cc2)CC1. The molecule has 1 N–H and O–H groups in total. The highest BCUT2D eigenvalue weighted by Crippen LogP contribution is 2.24. The number of hydrogen-bond donors (Lipinski definition) is 1. The smallest absolute Gasteiger partial charge is 0.258 e. The Hall–Kier alpha value is -3.21. The summed E-state index contributed by atoms with van der Waals surface area (Å²) in [6, 6.07) is 17.7. The first-order valence-corrected chi connectivity index (χ1v) is 9.73. The van der Waals surface area contributed by atoms with Crippen molar-refractivity contribution in [2.24, 2.45) is 5.92 Å². The van der Waals surface area contributed by atoms with Gasteiger partial charge in [-0.15, -0.1) is 0 Å². The first-order chi connectivity index (χ1) is 13.7. The van der Waals surface area contributed by atoms with Gasteiger partial charge in [-0.2, -0.15) is 0 Å². The van der Waals surface area contributed by atoms with Crippen LogP contribution in [0.15, 0.2) is 67.0 Å². The Morgan fingerprint density at radius 1 is 0.964 bits per heavy atom. The van der Waals surface area contributed by atoms with Gasteiger partial charge in [0.2, 0.25) is 0 Å². The topological polar surface area (TPSA) is 58.1 Å². The van der Waals surface area contributed by atoms with E-state index >= 15 is 0 Å². The van der Waals surface area contributed by atoms with Crippen LogP contribution < -0.4 is 10.2 Å². The van der Waals surface area contributed by atoms with Crippen LogP contribution in [0.2, 0.25) is 0 Å². The van der Waals surface area contributed by atoms with Gasteiger partial charge in [0.25, 0.3) is 5.91 Å². The fourth-order valence-corrected chi connectivity index (χ4v) is 3.41. The van der Waals surface area contributed by atoms with Crippen molar-refractivity contribution in [1.82, 2.24) is 9.97 Å². The number of rotatable bonds is 4. The van der Waals surface area contributed by atoms with E-state index in [-0.39, 0.29) is 5.91 Å². The Bertz CT molecular complexity index is 915. The lowest BCUT2D eigenvalue weighted by molar-refractivity contribution is 0.102. The van der Waals surface area contributed by atoms with Gasteiger partial charge in [0.15, 0.2) is 5.82 Å². The molecule has 2 heterocycles. The van der Waals surface area contributed by atoms with Crippen LogP contribution in [0.1, 0.15) is 30.1 Å². The number of carbonyl (C=O) groups is 1. The number of carbonyl (C=O) groups excluding carboxylic acids is 1. The number of hydrogen-bond acceptors (Lipinski definition) is 4. The zero-order valence-electron chi connectivity index (χ0n) is 16.0. The maximum absolute atomic E-state index is 12.5. The first-order valence-electron chi connectivity index (χ1n) is 9.73. The number of nitrogens with one attached hydrogen (secondary N) is 1. The Morgan fingerprint density at radius 2 is 1.61 bits per heavy atom. The Labute approximate surface area is 165 Å². The van der Waals surface area contributed by atoms with Gasteiger partial charge in [0.05, 0.1) is 5.56 Å². The molecule has 1 amide bonds. The van der Waals surface area contributed by atoms with E-state index < -0.39 is 0 Å². The summed E-state index contributed by atoms with van der Waals surface area (Å²) >= 11 is 0. The summed E-state index contributed by atoms with van der Waals surface area (Å²) in [5, 5.41) is 2.92. The summed E-state index contributed by atoms with van der Waals surface area (Å²) < 4.78 is 0. The van der Waals surface area contributed by atoms with Crippen molar-refractivity contribution >= 4 is 17.3 Å². The molecule has 2 aromatic carbocycles. The maximum atomic E-state index is 12.5. The third-order valence-electron chi connectivity index (χ3n) is 5.22. The van der Waals surface area contributed by atoms with Crippen molar-refractivity contribution in [2.45, 2.75) is 19.8 Å². The molecule has 5 nitrogen and oxygen atoms in total. The molecule has 0 atom stereocenters. The summed E-state index contributed by atoms with van der Waals surface area (Å²) in [7, 11) is 0. The van der Waals surface area contributed by atoms with Gasteiger partial charge < -0.3 is 10.2 Å².